The number of aldehydes is 1. The number of carboxylic acid groups (broad SMARTS) is 1. The lowest BCUT2D eigenvalue weighted by Crippen LogP contribution is -2.12. The highest BCUT2D eigenvalue weighted by atomic mass is 16.4. The van der Waals surface area contributed by atoms with E-state index in [1.54, 1.807) is 12.1 Å². The first kappa shape index (κ1) is 12.2. The molecule has 86 valence electrons. The maximum Gasteiger partial charge on any atom is 0.337 e. The summed E-state index contributed by atoms with van der Waals surface area (Å²) in [5.41, 5.74) is 6.85. The van der Waals surface area contributed by atoms with Crippen LogP contribution in [0.15, 0.2) is 18.2 Å². The van der Waals surface area contributed by atoms with Crippen LogP contribution in [0.4, 0.5) is 5.69 Å². The molecule has 0 spiro atoms. The molecule has 0 aliphatic rings. The van der Waals surface area contributed by atoms with Gasteiger partial charge >= 0.3 is 5.97 Å². The third-order valence-corrected chi connectivity index (χ3v) is 2.23. The van der Waals surface area contributed by atoms with Gasteiger partial charge in [0.15, 0.2) is 6.10 Å². The second kappa shape index (κ2) is 5.27. The number of aryl methyl sites for hydroxylation is 1. The van der Waals surface area contributed by atoms with Crippen LogP contribution >= 0.6 is 0 Å². The second-order valence-electron chi connectivity index (χ2n) is 3.41. The van der Waals surface area contributed by atoms with Gasteiger partial charge in [0.1, 0.15) is 6.29 Å². The highest BCUT2D eigenvalue weighted by Gasteiger charge is 2.18. The minimum absolute atomic E-state index is 0.169. The van der Waals surface area contributed by atoms with E-state index in [9.17, 15) is 14.7 Å². The molecule has 4 N–H and O–H groups in total. The van der Waals surface area contributed by atoms with Crippen LogP contribution in [0.3, 0.4) is 0 Å². The molecule has 1 aromatic carbocycles. The lowest BCUT2D eigenvalue weighted by atomic mass is 10.0. The zero-order valence-electron chi connectivity index (χ0n) is 8.59. The van der Waals surface area contributed by atoms with Gasteiger partial charge in [-0.3, -0.25) is 0 Å². The number of aliphatic carboxylic acids is 1. The maximum absolute atomic E-state index is 10.6. The normalized spacial score (nSPS) is 12.1. The maximum atomic E-state index is 10.6. The minimum Gasteiger partial charge on any atom is -0.479 e. The summed E-state index contributed by atoms with van der Waals surface area (Å²) in [6, 6.07) is 4.70. The molecule has 0 aliphatic carbocycles. The van der Waals surface area contributed by atoms with Crippen molar-refractivity contribution in [2.75, 3.05) is 5.73 Å². The smallest absolute Gasteiger partial charge is 0.337 e. The number of aliphatic hydroxyl groups is 1. The molecule has 1 unspecified atom stereocenters. The number of benzene rings is 1. The summed E-state index contributed by atoms with van der Waals surface area (Å²) in [4.78, 5) is 20.7. The van der Waals surface area contributed by atoms with Gasteiger partial charge in [0.2, 0.25) is 0 Å². The first-order valence-electron chi connectivity index (χ1n) is 4.79. The zero-order chi connectivity index (χ0) is 12.1. The summed E-state index contributed by atoms with van der Waals surface area (Å²) in [5, 5.41) is 17.9. The molecule has 0 aliphatic heterocycles. The molecule has 0 saturated heterocycles. The van der Waals surface area contributed by atoms with Gasteiger partial charge in [0.25, 0.3) is 0 Å². The summed E-state index contributed by atoms with van der Waals surface area (Å²) in [6.45, 7) is 0. The molecule has 5 nitrogen and oxygen atoms in total. The fourth-order valence-corrected chi connectivity index (χ4v) is 1.39. The average molecular weight is 223 g/mol. The average Bonchev–Trinajstić information content (AvgIpc) is 2.25. The Morgan fingerprint density at radius 2 is 2.19 bits per heavy atom. The van der Waals surface area contributed by atoms with Gasteiger partial charge in [-0.2, -0.15) is 0 Å². The van der Waals surface area contributed by atoms with Gasteiger partial charge in [0.05, 0.1) is 0 Å². The van der Waals surface area contributed by atoms with Crippen molar-refractivity contribution in [1.29, 1.82) is 0 Å². The SMILES string of the molecule is Nc1cc(CCC=O)ccc1C(O)C(=O)O. The van der Waals surface area contributed by atoms with E-state index in [-0.39, 0.29) is 11.3 Å². The monoisotopic (exact) mass is 223 g/mol. The van der Waals surface area contributed by atoms with Gasteiger partial charge in [-0.05, 0) is 18.1 Å². The van der Waals surface area contributed by atoms with Crippen LogP contribution in [0.25, 0.3) is 0 Å². The van der Waals surface area contributed by atoms with Crippen LogP contribution in [-0.2, 0) is 16.0 Å². The summed E-state index contributed by atoms with van der Waals surface area (Å²) < 4.78 is 0. The fourth-order valence-electron chi connectivity index (χ4n) is 1.39. The summed E-state index contributed by atoms with van der Waals surface area (Å²) in [7, 11) is 0. The molecule has 0 aromatic heterocycles. The number of carboxylic acids is 1. The molecule has 16 heavy (non-hydrogen) atoms. The number of carbonyl (C=O) groups excluding carboxylic acids is 1. The number of nitrogens with two attached hydrogens (primary N) is 1. The largest absolute Gasteiger partial charge is 0.479 e. The van der Waals surface area contributed by atoms with Crippen molar-refractivity contribution in [3.8, 4) is 0 Å². The van der Waals surface area contributed by atoms with E-state index >= 15 is 0 Å². The molecule has 0 bridgehead atoms. The topological polar surface area (TPSA) is 101 Å². The van der Waals surface area contributed by atoms with Crippen molar-refractivity contribution in [1.82, 2.24) is 0 Å². The first-order valence-corrected chi connectivity index (χ1v) is 4.79. The van der Waals surface area contributed by atoms with Crippen LogP contribution in [0.2, 0.25) is 0 Å². The van der Waals surface area contributed by atoms with E-state index in [4.69, 9.17) is 10.8 Å². The lowest BCUT2D eigenvalue weighted by molar-refractivity contribution is -0.146. The molecule has 0 radical (unpaired) electrons. The Bertz CT molecular complexity index is 403. The second-order valence-corrected chi connectivity index (χ2v) is 3.41. The van der Waals surface area contributed by atoms with E-state index in [2.05, 4.69) is 0 Å². The van der Waals surface area contributed by atoms with Crippen molar-refractivity contribution in [2.45, 2.75) is 18.9 Å². The van der Waals surface area contributed by atoms with Crippen LogP contribution in [0.5, 0.6) is 0 Å². The fraction of sp³-hybridized carbons (Fsp3) is 0.273. The van der Waals surface area contributed by atoms with Crippen molar-refractivity contribution in [3.63, 3.8) is 0 Å². The van der Waals surface area contributed by atoms with Crippen LogP contribution in [0.1, 0.15) is 23.7 Å². The van der Waals surface area contributed by atoms with Crippen molar-refractivity contribution in [2.24, 2.45) is 0 Å². The predicted molar refractivity (Wildman–Crippen MR) is 57.8 cm³/mol. The number of hydrogen-bond donors (Lipinski definition) is 3. The Kier molecular flexibility index (Phi) is 4.02. The molecular weight excluding hydrogens is 210 g/mol. The molecule has 1 atom stereocenters. The molecule has 0 heterocycles. The molecule has 0 amide bonds. The van der Waals surface area contributed by atoms with Crippen molar-refractivity contribution < 1.29 is 19.8 Å². The summed E-state index contributed by atoms with van der Waals surface area (Å²) >= 11 is 0. The van der Waals surface area contributed by atoms with E-state index in [1.807, 2.05) is 0 Å². The summed E-state index contributed by atoms with van der Waals surface area (Å²) in [5.74, 6) is -1.34. The lowest BCUT2D eigenvalue weighted by Gasteiger charge is -2.10. The van der Waals surface area contributed by atoms with E-state index in [0.29, 0.717) is 12.8 Å². The molecular formula is C11H13NO4. The van der Waals surface area contributed by atoms with Crippen LogP contribution in [0, 0.1) is 0 Å². The Balaban J connectivity index is 2.90. The molecule has 1 rings (SSSR count). The molecule has 1 aromatic rings. The first-order chi connectivity index (χ1) is 7.56. The zero-order valence-corrected chi connectivity index (χ0v) is 8.59. The number of aliphatic hydroxyl groups excluding tert-OH is 1. The quantitative estimate of drug-likeness (QED) is 0.499. The number of carbonyl (C=O) groups is 2. The van der Waals surface area contributed by atoms with E-state index < -0.39 is 12.1 Å². The van der Waals surface area contributed by atoms with Gasteiger partial charge in [-0.25, -0.2) is 4.79 Å². The van der Waals surface area contributed by atoms with Gasteiger partial charge in [-0.1, -0.05) is 12.1 Å². The van der Waals surface area contributed by atoms with Gasteiger partial charge < -0.3 is 20.7 Å². The van der Waals surface area contributed by atoms with Crippen molar-refractivity contribution >= 4 is 17.9 Å². The van der Waals surface area contributed by atoms with E-state index in [1.165, 1.54) is 6.07 Å². The number of nitrogen functional groups attached to an aromatic ring is 1. The van der Waals surface area contributed by atoms with Gasteiger partial charge in [0, 0.05) is 17.7 Å². The van der Waals surface area contributed by atoms with E-state index in [0.717, 1.165) is 11.8 Å². The molecule has 0 saturated carbocycles. The van der Waals surface area contributed by atoms with Gasteiger partial charge in [-0.15, -0.1) is 0 Å². The van der Waals surface area contributed by atoms with Crippen LogP contribution < -0.4 is 5.73 Å². The Hall–Kier alpha value is -1.88. The standard InChI is InChI=1S/C11H13NO4/c12-9-6-7(2-1-5-13)3-4-8(9)10(14)11(15)16/h3-6,10,14H,1-2,12H2,(H,15,16). The summed E-state index contributed by atoms with van der Waals surface area (Å²) in [6.07, 6.45) is 0.133. The minimum atomic E-state index is -1.61. The predicted octanol–water partition coefficient (Wildman–Crippen LogP) is 0.518. The Morgan fingerprint density at radius 3 is 2.69 bits per heavy atom. The number of anilines is 1. The van der Waals surface area contributed by atoms with Crippen molar-refractivity contribution in [3.05, 3.63) is 29.3 Å². The highest BCUT2D eigenvalue weighted by molar-refractivity contribution is 5.76. The molecule has 0 fully saturated rings. The highest BCUT2D eigenvalue weighted by Crippen LogP contribution is 2.22. The third-order valence-electron chi connectivity index (χ3n) is 2.23. The van der Waals surface area contributed by atoms with Crippen LogP contribution in [-0.4, -0.2) is 22.5 Å². The number of hydrogen-bond acceptors (Lipinski definition) is 4. The molecule has 5 heteroatoms. The third kappa shape index (κ3) is 2.80. The number of rotatable bonds is 5. The Morgan fingerprint density at radius 1 is 1.50 bits per heavy atom. The Labute approximate surface area is 92.5 Å².